The van der Waals surface area contributed by atoms with Crippen molar-refractivity contribution in [3.8, 4) is 0 Å². The Morgan fingerprint density at radius 2 is 1.54 bits per heavy atom. The number of quaternary nitrogens is 1. The van der Waals surface area contributed by atoms with Gasteiger partial charge >= 0.3 is 0 Å². The van der Waals surface area contributed by atoms with Gasteiger partial charge in [0.05, 0.1) is 6.26 Å². The molecule has 6 nitrogen and oxygen atoms in total. The molecule has 1 aromatic heterocycles. The van der Waals surface area contributed by atoms with Gasteiger partial charge < -0.3 is 20.4 Å². The molecule has 0 radical (unpaired) electrons. The van der Waals surface area contributed by atoms with Crippen LogP contribution in [0.5, 0.6) is 0 Å². The van der Waals surface area contributed by atoms with Crippen LogP contribution >= 0.6 is 0 Å². The Hall–Kier alpha value is -3.38. The second-order valence-corrected chi connectivity index (χ2v) is 6.63. The maximum atomic E-state index is 12.7. The minimum atomic E-state index is -0.342. The number of furan rings is 1. The molecule has 1 heterocycles. The minimum absolute atomic E-state index is 0.111. The number of amides is 2. The predicted octanol–water partition coefficient (Wildman–Crippen LogP) is 2.92. The molecular formula is C22H24N3O3+. The zero-order chi connectivity index (χ0) is 19.9. The number of benzene rings is 2. The highest BCUT2D eigenvalue weighted by atomic mass is 16.3. The van der Waals surface area contributed by atoms with Gasteiger partial charge in [-0.15, -0.1) is 0 Å². The molecule has 0 aliphatic carbocycles. The summed E-state index contributed by atoms with van der Waals surface area (Å²) in [5.74, 6) is 0.551. The Morgan fingerprint density at radius 3 is 2.11 bits per heavy atom. The fourth-order valence-electron chi connectivity index (χ4n) is 2.97. The molecule has 2 atom stereocenters. The van der Waals surface area contributed by atoms with Crippen molar-refractivity contribution in [3.05, 3.63) is 84.3 Å². The molecule has 0 fully saturated rings. The van der Waals surface area contributed by atoms with Crippen LogP contribution in [-0.4, -0.2) is 17.9 Å². The highest BCUT2D eigenvalue weighted by Crippen LogP contribution is 2.19. The lowest BCUT2D eigenvalue weighted by Crippen LogP contribution is -2.92. The normalized spacial score (nSPS) is 12.8. The van der Waals surface area contributed by atoms with E-state index in [9.17, 15) is 9.59 Å². The van der Waals surface area contributed by atoms with E-state index in [1.165, 1.54) is 6.92 Å². The van der Waals surface area contributed by atoms with E-state index in [1.807, 2.05) is 54.7 Å². The summed E-state index contributed by atoms with van der Waals surface area (Å²) < 4.78 is 5.60. The van der Waals surface area contributed by atoms with Crippen LogP contribution in [0.1, 0.15) is 31.2 Å². The number of nitrogens with two attached hydrogens (primary N) is 1. The Labute approximate surface area is 164 Å². The summed E-state index contributed by atoms with van der Waals surface area (Å²) in [6.45, 7) is 3.31. The van der Waals surface area contributed by atoms with Crippen molar-refractivity contribution < 1.29 is 19.3 Å². The molecule has 0 bridgehead atoms. The van der Waals surface area contributed by atoms with Gasteiger partial charge in [-0.05, 0) is 43.3 Å². The van der Waals surface area contributed by atoms with E-state index in [4.69, 9.17) is 4.42 Å². The van der Waals surface area contributed by atoms with Crippen molar-refractivity contribution in [1.29, 1.82) is 0 Å². The summed E-state index contributed by atoms with van der Waals surface area (Å²) in [5.41, 5.74) is 2.43. The van der Waals surface area contributed by atoms with E-state index in [-0.39, 0.29) is 23.9 Å². The quantitative estimate of drug-likeness (QED) is 0.591. The van der Waals surface area contributed by atoms with Crippen molar-refractivity contribution in [3.63, 3.8) is 0 Å². The Morgan fingerprint density at radius 1 is 0.893 bits per heavy atom. The van der Waals surface area contributed by atoms with Gasteiger partial charge in [0.25, 0.3) is 5.91 Å². The predicted molar refractivity (Wildman–Crippen MR) is 108 cm³/mol. The van der Waals surface area contributed by atoms with Gasteiger partial charge in [-0.3, -0.25) is 9.59 Å². The molecule has 3 aromatic rings. The van der Waals surface area contributed by atoms with Crippen molar-refractivity contribution in [2.75, 3.05) is 10.6 Å². The molecule has 2 amide bonds. The number of carbonyl (C=O) groups is 2. The van der Waals surface area contributed by atoms with Gasteiger partial charge in [-0.25, -0.2) is 0 Å². The maximum absolute atomic E-state index is 12.7. The smallest absolute Gasteiger partial charge is 0.282 e. The van der Waals surface area contributed by atoms with Crippen molar-refractivity contribution in [1.82, 2.24) is 0 Å². The van der Waals surface area contributed by atoms with E-state index in [2.05, 4.69) is 10.6 Å². The van der Waals surface area contributed by atoms with Crippen LogP contribution in [0, 0.1) is 0 Å². The molecule has 0 unspecified atom stereocenters. The topological polar surface area (TPSA) is 88.0 Å². The van der Waals surface area contributed by atoms with Gasteiger partial charge in [0.1, 0.15) is 0 Å². The molecule has 0 spiro atoms. The van der Waals surface area contributed by atoms with Gasteiger partial charge in [0.2, 0.25) is 5.91 Å². The lowest BCUT2D eigenvalue weighted by atomic mass is 10.0. The Kier molecular flexibility index (Phi) is 6.24. The first-order valence-electron chi connectivity index (χ1n) is 9.15. The van der Waals surface area contributed by atoms with Crippen molar-refractivity contribution in [2.45, 2.75) is 25.9 Å². The number of hydrogen-bond acceptors (Lipinski definition) is 3. The average molecular weight is 378 g/mol. The second-order valence-electron chi connectivity index (χ2n) is 6.63. The van der Waals surface area contributed by atoms with E-state index in [0.29, 0.717) is 11.4 Å². The Balaban J connectivity index is 1.67. The summed E-state index contributed by atoms with van der Waals surface area (Å²) in [4.78, 5) is 23.8. The molecule has 0 saturated heterocycles. The third-order valence-electron chi connectivity index (χ3n) is 4.38. The third kappa shape index (κ3) is 5.08. The van der Waals surface area contributed by atoms with Gasteiger partial charge in [0.15, 0.2) is 17.8 Å². The van der Waals surface area contributed by atoms with Crippen LogP contribution in [0.2, 0.25) is 0 Å². The fourth-order valence-corrected chi connectivity index (χ4v) is 2.97. The number of carbonyl (C=O) groups excluding carboxylic acids is 2. The van der Waals surface area contributed by atoms with Gasteiger partial charge in [-0.2, -0.15) is 0 Å². The number of hydrogen-bond donors (Lipinski definition) is 3. The zero-order valence-electron chi connectivity index (χ0n) is 15.9. The van der Waals surface area contributed by atoms with Crippen LogP contribution in [0.4, 0.5) is 11.4 Å². The summed E-state index contributed by atoms with van der Waals surface area (Å²) in [6, 6.07) is 20.3. The zero-order valence-corrected chi connectivity index (χ0v) is 15.9. The largest absolute Gasteiger partial charge is 0.463 e. The van der Waals surface area contributed by atoms with E-state index in [0.717, 1.165) is 11.3 Å². The third-order valence-corrected chi connectivity index (χ3v) is 4.38. The lowest BCUT2D eigenvalue weighted by molar-refractivity contribution is -0.706. The van der Waals surface area contributed by atoms with Crippen LogP contribution in [-0.2, 0) is 9.59 Å². The van der Waals surface area contributed by atoms with Crippen LogP contribution < -0.4 is 16.0 Å². The minimum Gasteiger partial charge on any atom is -0.463 e. The molecule has 0 aliphatic heterocycles. The number of rotatable bonds is 7. The first-order chi connectivity index (χ1) is 13.5. The van der Waals surface area contributed by atoms with E-state index < -0.39 is 0 Å². The molecule has 3 rings (SSSR count). The maximum Gasteiger partial charge on any atom is 0.282 e. The van der Waals surface area contributed by atoms with Crippen LogP contribution in [0.15, 0.2) is 77.4 Å². The summed E-state index contributed by atoms with van der Waals surface area (Å²) in [6.07, 6.45) is 1.64. The first-order valence-corrected chi connectivity index (χ1v) is 9.15. The highest BCUT2D eigenvalue weighted by Gasteiger charge is 2.26. The summed E-state index contributed by atoms with van der Waals surface area (Å²) >= 11 is 0. The molecule has 0 aliphatic rings. The summed E-state index contributed by atoms with van der Waals surface area (Å²) in [7, 11) is 0. The monoisotopic (exact) mass is 378 g/mol. The van der Waals surface area contributed by atoms with Crippen molar-refractivity contribution >= 4 is 23.2 Å². The second kappa shape index (κ2) is 9.01. The highest BCUT2D eigenvalue weighted by molar-refractivity contribution is 5.94. The van der Waals surface area contributed by atoms with Gasteiger partial charge in [0, 0.05) is 23.9 Å². The standard InChI is InChI=1S/C22H23N3O3/c1-15(22(27)25-19-12-10-18(11-13-19)24-16(2)26)23-21(20-9-6-14-28-20)17-7-4-3-5-8-17/h3-15,21,23H,1-2H3,(H,24,26)(H,25,27)/p+1/t15-,21+/m0/s1. The first kappa shape index (κ1) is 19.4. The number of nitrogens with one attached hydrogen (secondary N) is 2. The molecular weight excluding hydrogens is 354 g/mol. The molecule has 28 heavy (non-hydrogen) atoms. The van der Waals surface area contributed by atoms with E-state index >= 15 is 0 Å². The SMILES string of the molecule is CC(=O)Nc1ccc(NC(=O)[C@H](C)[NH2+][C@H](c2ccccc2)c2ccco2)cc1. The molecule has 0 saturated carbocycles. The molecule has 4 N–H and O–H groups in total. The number of anilines is 2. The molecule has 144 valence electrons. The average Bonchev–Trinajstić information content (AvgIpc) is 3.22. The van der Waals surface area contributed by atoms with Crippen LogP contribution in [0.25, 0.3) is 0 Å². The molecule has 2 aromatic carbocycles. The van der Waals surface area contributed by atoms with Crippen molar-refractivity contribution in [2.24, 2.45) is 0 Å². The lowest BCUT2D eigenvalue weighted by Gasteiger charge is -2.19. The van der Waals surface area contributed by atoms with Gasteiger partial charge in [-0.1, -0.05) is 30.3 Å². The fraction of sp³-hybridized carbons (Fsp3) is 0.182. The Bertz CT molecular complexity index is 906. The summed E-state index contributed by atoms with van der Waals surface area (Å²) in [5, 5.41) is 7.59. The van der Waals surface area contributed by atoms with E-state index in [1.54, 1.807) is 30.5 Å². The van der Waals surface area contributed by atoms with Crippen LogP contribution in [0.3, 0.4) is 0 Å². The molecule has 6 heteroatoms.